The lowest BCUT2D eigenvalue weighted by Gasteiger charge is -2.48. The van der Waals surface area contributed by atoms with Crippen LogP contribution in [0.5, 0.6) is 0 Å². The molecule has 0 aromatic rings. The minimum absolute atomic E-state index is 0.364. The molecule has 0 radical (unpaired) electrons. The minimum Gasteiger partial charge on any atom is -0.394 e. The van der Waals surface area contributed by atoms with Crippen LogP contribution in [0, 0.1) is 0 Å². The van der Waals surface area contributed by atoms with Crippen LogP contribution in [-0.4, -0.2) is 162 Å². The predicted octanol–water partition coefficient (Wildman–Crippen LogP) is -5.63. The lowest BCUT2D eigenvalue weighted by atomic mass is 9.95. The largest absolute Gasteiger partial charge is 0.394 e. The lowest BCUT2D eigenvalue weighted by Crippen LogP contribution is -2.66. The van der Waals surface area contributed by atoms with E-state index in [4.69, 9.17) is 28.9 Å². The fourth-order valence-electron chi connectivity index (χ4n) is 4.34. The molecule has 0 amide bonds. The van der Waals surface area contributed by atoms with Crippen molar-refractivity contribution in [3.05, 3.63) is 0 Å². The van der Waals surface area contributed by atoms with Gasteiger partial charge in [0.1, 0.15) is 67.1 Å². The fraction of sp³-hybridized carbons (Fsp3) is 0.950. The highest BCUT2D eigenvalue weighted by atomic mass is 17.1. The summed E-state index contributed by atoms with van der Waals surface area (Å²) in [5.74, 6) is -0.364. The summed E-state index contributed by atoms with van der Waals surface area (Å²) in [6, 6.07) is -1.49. The molecule has 3 aliphatic heterocycles. The van der Waals surface area contributed by atoms with Gasteiger partial charge in [0, 0.05) is 6.92 Å². The van der Waals surface area contributed by atoms with E-state index < -0.39 is 105 Å². The highest BCUT2D eigenvalue weighted by molar-refractivity contribution is 5.72. The number of rotatable bonds is 7. The van der Waals surface area contributed by atoms with Gasteiger partial charge < -0.3 is 74.5 Å². The van der Waals surface area contributed by atoms with E-state index in [2.05, 4.69) is 9.88 Å². The molecule has 3 aliphatic rings. The maximum absolute atomic E-state index is 10.8. The molecule has 0 aromatic heterocycles. The summed E-state index contributed by atoms with van der Waals surface area (Å²) >= 11 is 0. The topological polar surface area (TPSA) is 270 Å². The standard InChI is InChI=1S/C20H35NO16/c1-5-10(24)13(27)15(29)19(32-5)36-17-14(28)11(25)7(3-22)34-20(17)35-16-9(21-6(2)37-31)18(30)33-8(4-23)12(16)26/h5,7-20,22-31H,3-4H2,1-2H3/t5-,7+,8+,9+,10+,11-,12+,13+,14-,15-,16+,17+,18+,19-,20-/m0/s1. The van der Waals surface area contributed by atoms with E-state index >= 15 is 0 Å². The van der Waals surface area contributed by atoms with Gasteiger partial charge in [-0.05, 0) is 6.92 Å². The number of hydrogen-bond acceptors (Lipinski definition) is 17. The lowest BCUT2D eigenvalue weighted by molar-refractivity contribution is -0.379. The van der Waals surface area contributed by atoms with Crippen molar-refractivity contribution in [1.82, 2.24) is 0 Å². The SMILES string of the molecule is CC(=N[C@@H]1[C@@H](O[C@@H]2O[C@H](CO)[C@H](O)[C@H](O)[C@H]2O[C@@H]2O[C@@H](C)[C@@H](O)[C@@H](O)[C@@H]2O)[C@H](O)[C@@H](CO)O[C@H]1O)OO. The predicted molar refractivity (Wildman–Crippen MR) is 114 cm³/mol. The van der Waals surface area contributed by atoms with Crippen molar-refractivity contribution >= 4 is 5.90 Å². The van der Waals surface area contributed by atoms with E-state index in [1.807, 2.05) is 0 Å². The highest BCUT2D eigenvalue weighted by Crippen LogP contribution is 2.33. The zero-order chi connectivity index (χ0) is 27.6. The zero-order valence-corrected chi connectivity index (χ0v) is 19.9. The minimum atomic E-state index is -1.84. The van der Waals surface area contributed by atoms with Crippen molar-refractivity contribution in [2.24, 2.45) is 4.99 Å². The zero-order valence-electron chi connectivity index (χ0n) is 19.9. The van der Waals surface area contributed by atoms with Gasteiger partial charge in [-0.1, -0.05) is 0 Å². The summed E-state index contributed by atoms with van der Waals surface area (Å²) < 4.78 is 27.4. The second kappa shape index (κ2) is 12.8. The summed E-state index contributed by atoms with van der Waals surface area (Å²) in [4.78, 5) is 7.88. The Balaban J connectivity index is 1.91. The summed E-state index contributed by atoms with van der Waals surface area (Å²) in [5.41, 5.74) is 0. The summed E-state index contributed by atoms with van der Waals surface area (Å²) in [7, 11) is 0. The van der Waals surface area contributed by atoms with Crippen molar-refractivity contribution in [3.63, 3.8) is 0 Å². The smallest absolute Gasteiger partial charge is 0.224 e. The number of nitrogens with zero attached hydrogens (tertiary/aromatic N) is 1. The Bertz CT molecular complexity index is 760. The van der Waals surface area contributed by atoms with Crippen LogP contribution < -0.4 is 0 Å². The molecule has 0 unspecified atom stereocenters. The molecule has 3 saturated heterocycles. The molecular weight excluding hydrogens is 510 g/mol. The van der Waals surface area contributed by atoms with Gasteiger partial charge in [-0.3, -0.25) is 0 Å². The molecule has 10 N–H and O–H groups in total. The Kier molecular flexibility index (Phi) is 10.5. The van der Waals surface area contributed by atoms with Crippen molar-refractivity contribution in [1.29, 1.82) is 0 Å². The molecule has 0 aliphatic carbocycles. The van der Waals surface area contributed by atoms with E-state index in [0.29, 0.717) is 0 Å². The van der Waals surface area contributed by atoms with E-state index in [9.17, 15) is 46.0 Å². The molecule has 0 bridgehead atoms. The van der Waals surface area contributed by atoms with Crippen molar-refractivity contribution in [2.75, 3.05) is 13.2 Å². The summed E-state index contributed by atoms with van der Waals surface area (Å²) in [5, 5.41) is 101. The molecule has 0 spiro atoms. The first-order valence-corrected chi connectivity index (χ1v) is 11.6. The molecule has 15 atom stereocenters. The summed E-state index contributed by atoms with van der Waals surface area (Å²) in [6.07, 6.45) is -22.5. The van der Waals surface area contributed by atoms with Gasteiger partial charge in [0.2, 0.25) is 5.90 Å². The molecule has 0 saturated carbocycles. The Morgan fingerprint density at radius 1 is 0.703 bits per heavy atom. The molecule has 17 heteroatoms. The second-order valence-corrected chi connectivity index (χ2v) is 9.06. The van der Waals surface area contributed by atoms with E-state index in [1.54, 1.807) is 0 Å². The molecule has 216 valence electrons. The van der Waals surface area contributed by atoms with E-state index in [1.165, 1.54) is 13.8 Å². The Morgan fingerprint density at radius 3 is 1.89 bits per heavy atom. The molecule has 3 fully saturated rings. The van der Waals surface area contributed by atoms with Crippen molar-refractivity contribution in [2.45, 2.75) is 106 Å². The van der Waals surface area contributed by atoms with Gasteiger partial charge in [0.25, 0.3) is 0 Å². The maximum atomic E-state index is 10.8. The van der Waals surface area contributed by atoms with Crippen LogP contribution in [0.3, 0.4) is 0 Å². The normalized spacial score (nSPS) is 49.6. The van der Waals surface area contributed by atoms with Gasteiger partial charge in [-0.25, -0.2) is 10.2 Å². The van der Waals surface area contributed by atoms with Crippen molar-refractivity contribution in [3.8, 4) is 0 Å². The quantitative estimate of drug-likeness (QED) is 0.0618. The van der Waals surface area contributed by atoms with Crippen LogP contribution in [0.2, 0.25) is 0 Å². The fourth-order valence-corrected chi connectivity index (χ4v) is 4.34. The monoisotopic (exact) mass is 545 g/mol. The van der Waals surface area contributed by atoms with Crippen LogP contribution >= 0.6 is 0 Å². The first-order valence-electron chi connectivity index (χ1n) is 11.6. The molecule has 0 aromatic carbocycles. The van der Waals surface area contributed by atoms with E-state index in [-0.39, 0.29) is 5.90 Å². The number of aliphatic imine (C=N–C) groups is 1. The number of aliphatic hydroxyl groups is 9. The third-order valence-corrected chi connectivity index (χ3v) is 6.52. The number of hydrogen-bond donors (Lipinski definition) is 10. The van der Waals surface area contributed by atoms with Gasteiger partial charge in [0.05, 0.1) is 19.3 Å². The Hall–Kier alpha value is -1.13. The van der Waals surface area contributed by atoms with Crippen LogP contribution in [0.15, 0.2) is 4.99 Å². The van der Waals surface area contributed by atoms with E-state index in [0.717, 1.165) is 0 Å². The third kappa shape index (κ3) is 6.38. The molecule has 3 rings (SSSR count). The second-order valence-electron chi connectivity index (χ2n) is 9.06. The maximum Gasteiger partial charge on any atom is 0.224 e. The molecule has 17 nitrogen and oxygen atoms in total. The van der Waals surface area contributed by atoms with Crippen molar-refractivity contribution < 1.29 is 79.8 Å². The summed E-state index contributed by atoms with van der Waals surface area (Å²) in [6.45, 7) is 1.06. The van der Waals surface area contributed by atoms with Gasteiger partial charge in [-0.2, -0.15) is 0 Å². The first kappa shape index (κ1) is 30.4. The van der Waals surface area contributed by atoms with Crippen LogP contribution in [0.4, 0.5) is 0 Å². The van der Waals surface area contributed by atoms with Crippen LogP contribution in [-0.2, 0) is 28.6 Å². The molecule has 37 heavy (non-hydrogen) atoms. The van der Waals surface area contributed by atoms with Gasteiger partial charge in [0.15, 0.2) is 18.9 Å². The average molecular weight is 545 g/mol. The van der Waals surface area contributed by atoms with Crippen LogP contribution in [0.25, 0.3) is 0 Å². The number of ether oxygens (including phenoxy) is 5. The van der Waals surface area contributed by atoms with Gasteiger partial charge >= 0.3 is 0 Å². The van der Waals surface area contributed by atoms with Gasteiger partial charge in [-0.15, -0.1) is 0 Å². The van der Waals surface area contributed by atoms with Crippen LogP contribution in [0.1, 0.15) is 13.8 Å². The Labute approximate surface area is 210 Å². The molecular formula is C20H35NO16. The Morgan fingerprint density at radius 2 is 1.30 bits per heavy atom. The number of aliphatic hydroxyl groups excluding tert-OH is 9. The first-order chi connectivity index (χ1) is 17.4. The highest BCUT2D eigenvalue weighted by Gasteiger charge is 2.53. The average Bonchev–Trinajstić information content (AvgIpc) is 2.88. The molecule has 3 heterocycles. The third-order valence-electron chi connectivity index (χ3n) is 6.52.